The van der Waals surface area contributed by atoms with Gasteiger partial charge in [-0.1, -0.05) is 68.8 Å². The third kappa shape index (κ3) is 5.32. The van der Waals surface area contributed by atoms with Gasteiger partial charge in [-0.2, -0.15) is 0 Å². The second-order valence-corrected chi connectivity index (χ2v) is 10.2. The number of rotatable bonds is 9. The van der Waals surface area contributed by atoms with Gasteiger partial charge < -0.3 is 20.1 Å². The molecule has 1 aliphatic carbocycles. The van der Waals surface area contributed by atoms with Crippen LogP contribution in [0.25, 0.3) is 11.1 Å². The van der Waals surface area contributed by atoms with E-state index >= 15 is 0 Å². The van der Waals surface area contributed by atoms with Gasteiger partial charge in [0, 0.05) is 24.1 Å². The maximum Gasteiger partial charge on any atom is 0.407 e. The first-order valence-electron chi connectivity index (χ1n) is 12.2. The minimum absolute atomic E-state index is 0.0392. The maximum atomic E-state index is 13.1. The molecule has 1 heterocycles. The summed E-state index contributed by atoms with van der Waals surface area (Å²) in [4.78, 5) is 39.0. The number of amides is 2. The highest BCUT2D eigenvalue weighted by atomic mass is 32.2. The molecule has 3 atom stereocenters. The first-order chi connectivity index (χ1) is 16.9. The monoisotopic (exact) mass is 496 g/mol. The topological polar surface area (TPSA) is 95.9 Å². The number of ether oxygens (including phenoxy) is 1. The smallest absolute Gasteiger partial charge is 0.407 e. The fourth-order valence-electron chi connectivity index (χ4n) is 4.98. The fourth-order valence-corrected chi connectivity index (χ4v) is 6.51. The number of aliphatic carboxylic acids is 1. The Morgan fingerprint density at radius 3 is 2.29 bits per heavy atom. The highest BCUT2D eigenvalue weighted by molar-refractivity contribution is 8.00. The van der Waals surface area contributed by atoms with Crippen LogP contribution in [-0.2, 0) is 14.3 Å². The number of alkyl carbamates (subject to hydrolysis) is 1. The predicted octanol–water partition coefficient (Wildman–Crippen LogP) is 4.85. The lowest BCUT2D eigenvalue weighted by molar-refractivity contribution is -0.149. The van der Waals surface area contributed by atoms with Gasteiger partial charge in [-0.3, -0.25) is 4.79 Å². The van der Waals surface area contributed by atoms with Gasteiger partial charge in [0.25, 0.3) is 0 Å². The third-order valence-electron chi connectivity index (χ3n) is 6.78. The van der Waals surface area contributed by atoms with Crippen molar-refractivity contribution >= 4 is 29.7 Å². The van der Waals surface area contributed by atoms with Crippen molar-refractivity contribution in [2.75, 3.05) is 12.4 Å². The molecule has 0 aromatic heterocycles. The molecule has 3 unspecified atom stereocenters. The molecule has 2 amide bonds. The minimum atomic E-state index is -0.984. The normalized spacial score (nSPS) is 19.7. The largest absolute Gasteiger partial charge is 0.480 e. The van der Waals surface area contributed by atoms with E-state index in [0.717, 1.165) is 35.1 Å². The molecular weight excluding hydrogens is 464 g/mol. The zero-order valence-corrected chi connectivity index (χ0v) is 20.9. The quantitative estimate of drug-likeness (QED) is 0.515. The van der Waals surface area contributed by atoms with Gasteiger partial charge in [0.2, 0.25) is 5.91 Å². The summed E-state index contributed by atoms with van der Waals surface area (Å²) in [7, 11) is 0. The van der Waals surface area contributed by atoms with Crippen LogP contribution in [0, 0.1) is 0 Å². The molecule has 0 saturated carbocycles. The molecule has 2 aromatic carbocycles. The second kappa shape index (κ2) is 11.2. The maximum absolute atomic E-state index is 13.1. The number of benzene rings is 2. The summed E-state index contributed by atoms with van der Waals surface area (Å²) < 4.78 is 5.62. The van der Waals surface area contributed by atoms with Crippen molar-refractivity contribution in [3.8, 4) is 11.1 Å². The van der Waals surface area contributed by atoms with Crippen LogP contribution < -0.4 is 5.32 Å². The lowest BCUT2D eigenvalue weighted by Crippen LogP contribution is -2.48. The van der Waals surface area contributed by atoms with Crippen molar-refractivity contribution < 1.29 is 24.2 Å². The number of nitrogens with zero attached hydrogens (tertiary/aromatic N) is 1. The van der Waals surface area contributed by atoms with Gasteiger partial charge in [0.05, 0.1) is 5.37 Å². The molecule has 0 radical (unpaired) electrons. The zero-order valence-electron chi connectivity index (χ0n) is 20.1. The molecule has 7 nitrogen and oxygen atoms in total. The number of carbonyl (C=O) groups is 3. The molecule has 1 saturated heterocycles. The van der Waals surface area contributed by atoms with Crippen molar-refractivity contribution in [1.29, 1.82) is 0 Å². The number of hydrogen-bond donors (Lipinski definition) is 2. The Hall–Kier alpha value is -3.00. The van der Waals surface area contributed by atoms with Crippen molar-refractivity contribution in [1.82, 2.24) is 10.2 Å². The molecule has 8 heteroatoms. The number of thioether (sulfide) groups is 1. The Balaban J connectivity index is 1.37. The second-order valence-electron chi connectivity index (χ2n) is 9.01. The highest BCUT2D eigenvalue weighted by Crippen LogP contribution is 2.44. The summed E-state index contributed by atoms with van der Waals surface area (Å²) in [5.41, 5.74) is 4.59. The molecular formula is C27H32N2O5S. The van der Waals surface area contributed by atoms with Crippen LogP contribution in [0.5, 0.6) is 0 Å². The Morgan fingerprint density at radius 2 is 1.71 bits per heavy atom. The van der Waals surface area contributed by atoms with E-state index < -0.39 is 24.1 Å². The SMILES string of the molecule is CCCC1SCC(C(=O)O)N1C(=O)CC(CC)NC(=O)OCC1c2ccccc2-c2ccccc21. The molecule has 0 spiro atoms. The van der Waals surface area contributed by atoms with Gasteiger partial charge in [-0.25, -0.2) is 9.59 Å². The average molecular weight is 497 g/mol. The van der Waals surface area contributed by atoms with Crippen LogP contribution >= 0.6 is 11.8 Å². The van der Waals surface area contributed by atoms with Gasteiger partial charge in [-0.15, -0.1) is 11.8 Å². The number of carboxylic acids is 1. The van der Waals surface area contributed by atoms with Crippen molar-refractivity contribution in [3.63, 3.8) is 0 Å². The Kier molecular flexibility index (Phi) is 8.00. The molecule has 0 bridgehead atoms. The highest BCUT2D eigenvalue weighted by Gasteiger charge is 2.41. The lowest BCUT2D eigenvalue weighted by atomic mass is 9.98. The van der Waals surface area contributed by atoms with Crippen LogP contribution in [0.1, 0.15) is 56.6 Å². The van der Waals surface area contributed by atoms with Crippen LogP contribution in [0.3, 0.4) is 0 Å². The van der Waals surface area contributed by atoms with Crippen LogP contribution in [0.2, 0.25) is 0 Å². The zero-order chi connectivity index (χ0) is 24.9. The standard InChI is InChI=1S/C27H32N2O5S/c1-3-9-25-29(23(16-35-25)26(31)32)24(30)14-17(4-2)28-27(33)34-15-22-20-12-7-5-10-18(20)19-11-6-8-13-21(19)22/h5-8,10-13,17,22-23,25H,3-4,9,14-16H2,1-2H3,(H,28,33)(H,31,32). The van der Waals surface area contributed by atoms with E-state index in [1.54, 1.807) is 0 Å². The molecule has 1 aliphatic heterocycles. The van der Waals surface area contributed by atoms with E-state index in [1.165, 1.54) is 16.7 Å². The van der Waals surface area contributed by atoms with Gasteiger partial charge in [0.1, 0.15) is 12.6 Å². The minimum Gasteiger partial charge on any atom is -0.480 e. The van der Waals surface area contributed by atoms with Crippen LogP contribution in [-0.4, -0.2) is 57.8 Å². The number of carbonyl (C=O) groups excluding carboxylic acids is 2. The molecule has 35 heavy (non-hydrogen) atoms. The van der Waals surface area contributed by atoms with E-state index in [0.29, 0.717) is 12.2 Å². The van der Waals surface area contributed by atoms with Crippen LogP contribution in [0.4, 0.5) is 4.79 Å². The lowest BCUT2D eigenvalue weighted by Gasteiger charge is -2.29. The van der Waals surface area contributed by atoms with Gasteiger partial charge >= 0.3 is 12.1 Å². The number of nitrogens with one attached hydrogen (secondary N) is 1. The first-order valence-corrected chi connectivity index (χ1v) is 13.3. The third-order valence-corrected chi connectivity index (χ3v) is 8.14. The summed E-state index contributed by atoms with van der Waals surface area (Å²) in [6.45, 7) is 4.11. The fraction of sp³-hybridized carbons (Fsp3) is 0.444. The van der Waals surface area contributed by atoms with E-state index in [2.05, 4.69) is 29.6 Å². The summed E-state index contributed by atoms with van der Waals surface area (Å²) in [5.74, 6) is -0.876. The van der Waals surface area contributed by atoms with Crippen molar-refractivity contribution in [3.05, 3.63) is 59.7 Å². The van der Waals surface area contributed by atoms with E-state index in [9.17, 15) is 19.5 Å². The molecule has 2 N–H and O–H groups in total. The number of carboxylic acid groups (broad SMARTS) is 1. The Labute approximate surface area is 210 Å². The van der Waals surface area contributed by atoms with E-state index in [-0.39, 0.29) is 30.2 Å². The van der Waals surface area contributed by atoms with E-state index in [4.69, 9.17) is 4.74 Å². The van der Waals surface area contributed by atoms with Crippen molar-refractivity contribution in [2.45, 2.75) is 62.9 Å². The molecule has 186 valence electrons. The number of hydrogen-bond acceptors (Lipinski definition) is 5. The predicted molar refractivity (Wildman–Crippen MR) is 136 cm³/mol. The summed E-state index contributed by atoms with van der Waals surface area (Å²) in [5, 5.41) is 12.3. The van der Waals surface area contributed by atoms with Crippen LogP contribution in [0.15, 0.2) is 48.5 Å². The molecule has 2 aromatic rings. The Bertz CT molecular complexity index is 1050. The molecule has 4 rings (SSSR count). The van der Waals surface area contributed by atoms with Gasteiger partial charge in [-0.05, 0) is 35.1 Å². The molecule has 1 fully saturated rings. The van der Waals surface area contributed by atoms with Crippen molar-refractivity contribution in [2.24, 2.45) is 0 Å². The summed E-state index contributed by atoms with van der Waals surface area (Å²) in [6.07, 6.45) is 1.63. The average Bonchev–Trinajstić information content (AvgIpc) is 3.42. The van der Waals surface area contributed by atoms with E-state index in [1.807, 2.05) is 38.1 Å². The summed E-state index contributed by atoms with van der Waals surface area (Å²) in [6, 6.07) is 15.0. The number of fused-ring (bicyclic) bond motifs is 3. The molecule has 2 aliphatic rings. The summed E-state index contributed by atoms with van der Waals surface area (Å²) >= 11 is 1.51. The first kappa shape index (κ1) is 25.1. The Morgan fingerprint density at radius 1 is 1.09 bits per heavy atom. The van der Waals surface area contributed by atoms with Gasteiger partial charge in [0.15, 0.2) is 0 Å².